The third-order valence-corrected chi connectivity index (χ3v) is 4.48. The van der Waals surface area contributed by atoms with E-state index in [1.807, 2.05) is 34.6 Å². The number of amides is 3. The van der Waals surface area contributed by atoms with Gasteiger partial charge in [0, 0.05) is 24.2 Å². The molecule has 1 aromatic heterocycles. The standard InChI is InChI=1S/C22H34N4O4/c1-14(2)12-16(13-18(27)26(30)15(3)4)20(28)25-19(22(5,6)7)21(29)24-17-10-8-9-11-23-17/h8-11,14,16,19,30H,3,12-13H2,1-2,4-7H3,(H,25,28)(H,23,24,29)/t16-,19-/m1/s1. The minimum absolute atomic E-state index is 0.140. The Labute approximate surface area is 178 Å². The van der Waals surface area contributed by atoms with Crippen LogP contribution in [0.15, 0.2) is 36.7 Å². The normalized spacial score (nSPS) is 13.3. The van der Waals surface area contributed by atoms with E-state index >= 15 is 0 Å². The second-order valence-corrected chi connectivity index (χ2v) is 8.98. The largest absolute Gasteiger partial charge is 0.344 e. The zero-order chi connectivity index (χ0) is 23.1. The van der Waals surface area contributed by atoms with Crippen molar-refractivity contribution < 1.29 is 19.6 Å². The van der Waals surface area contributed by atoms with Crippen molar-refractivity contribution in [2.45, 2.75) is 60.4 Å². The first-order chi connectivity index (χ1) is 13.8. The first-order valence-corrected chi connectivity index (χ1v) is 10.0. The molecule has 0 aromatic carbocycles. The highest BCUT2D eigenvalue weighted by Gasteiger charge is 2.35. The first kappa shape index (κ1) is 25.3. The summed E-state index contributed by atoms with van der Waals surface area (Å²) < 4.78 is 0. The number of allylic oxidation sites excluding steroid dienone is 1. The SMILES string of the molecule is C=C(C)N(O)C(=O)C[C@@H](CC(C)C)C(=O)N[C@H](C(=O)Nc1ccccn1)C(C)(C)C. The van der Waals surface area contributed by atoms with E-state index in [0.29, 0.717) is 17.3 Å². The van der Waals surface area contributed by atoms with Gasteiger partial charge < -0.3 is 10.6 Å². The lowest BCUT2D eigenvalue weighted by Gasteiger charge is -2.32. The highest BCUT2D eigenvalue weighted by Crippen LogP contribution is 2.23. The second-order valence-electron chi connectivity index (χ2n) is 8.98. The van der Waals surface area contributed by atoms with Crippen molar-refractivity contribution in [2.24, 2.45) is 17.3 Å². The minimum Gasteiger partial charge on any atom is -0.344 e. The summed E-state index contributed by atoms with van der Waals surface area (Å²) >= 11 is 0. The Morgan fingerprint density at radius 3 is 2.30 bits per heavy atom. The molecule has 0 aliphatic heterocycles. The first-order valence-electron chi connectivity index (χ1n) is 10.0. The van der Waals surface area contributed by atoms with Crippen molar-refractivity contribution in [1.82, 2.24) is 15.4 Å². The van der Waals surface area contributed by atoms with Crippen LogP contribution in [-0.2, 0) is 14.4 Å². The third-order valence-electron chi connectivity index (χ3n) is 4.48. The van der Waals surface area contributed by atoms with Crippen LogP contribution in [0.25, 0.3) is 0 Å². The molecule has 0 aliphatic rings. The van der Waals surface area contributed by atoms with Gasteiger partial charge in [-0.1, -0.05) is 47.3 Å². The molecule has 30 heavy (non-hydrogen) atoms. The number of carbonyl (C=O) groups is 3. The Balaban J connectivity index is 3.00. The van der Waals surface area contributed by atoms with Crippen molar-refractivity contribution in [3.63, 3.8) is 0 Å². The molecule has 1 heterocycles. The number of carbonyl (C=O) groups excluding carboxylic acids is 3. The Bertz CT molecular complexity index is 756. The van der Waals surface area contributed by atoms with Gasteiger partial charge in [-0.3, -0.25) is 19.6 Å². The predicted octanol–water partition coefficient (Wildman–Crippen LogP) is 3.35. The van der Waals surface area contributed by atoms with E-state index in [-0.39, 0.29) is 18.0 Å². The van der Waals surface area contributed by atoms with Crippen LogP contribution in [0.5, 0.6) is 0 Å². The van der Waals surface area contributed by atoms with Gasteiger partial charge in [0.05, 0.1) is 0 Å². The van der Waals surface area contributed by atoms with Crippen molar-refractivity contribution in [2.75, 3.05) is 5.32 Å². The molecule has 0 aliphatic carbocycles. The molecule has 3 amide bonds. The zero-order valence-electron chi connectivity index (χ0n) is 18.7. The lowest BCUT2D eigenvalue weighted by Crippen LogP contribution is -2.53. The van der Waals surface area contributed by atoms with Crippen LogP contribution in [0.3, 0.4) is 0 Å². The molecule has 2 atom stereocenters. The molecule has 8 heteroatoms. The molecule has 0 bridgehead atoms. The fourth-order valence-corrected chi connectivity index (χ4v) is 2.93. The number of anilines is 1. The lowest BCUT2D eigenvalue weighted by atomic mass is 9.85. The molecule has 166 valence electrons. The van der Waals surface area contributed by atoms with E-state index in [0.717, 1.165) is 0 Å². The molecular formula is C22H34N4O4. The maximum absolute atomic E-state index is 13.0. The van der Waals surface area contributed by atoms with Gasteiger partial charge in [0.1, 0.15) is 11.9 Å². The van der Waals surface area contributed by atoms with E-state index in [2.05, 4.69) is 22.2 Å². The van der Waals surface area contributed by atoms with Crippen LogP contribution in [0, 0.1) is 17.3 Å². The average Bonchev–Trinajstić information content (AvgIpc) is 2.63. The van der Waals surface area contributed by atoms with E-state index < -0.39 is 35.1 Å². The van der Waals surface area contributed by atoms with Crippen molar-refractivity contribution in [3.8, 4) is 0 Å². The molecule has 0 spiro atoms. The van der Waals surface area contributed by atoms with Crippen LogP contribution in [0.4, 0.5) is 5.82 Å². The highest BCUT2D eigenvalue weighted by molar-refractivity contribution is 5.97. The van der Waals surface area contributed by atoms with Crippen molar-refractivity contribution in [1.29, 1.82) is 0 Å². The molecule has 0 unspecified atom stereocenters. The summed E-state index contributed by atoms with van der Waals surface area (Å²) in [5.74, 6) is -1.59. The average molecular weight is 419 g/mol. The smallest absolute Gasteiger partial charge is 0.251 e. The summed E-state index contributed by atoms with van der Waals surface area (Å²) in [7, 11) is 0. The molecule has 1 aromatic rings. The third kappa shape index (κ3) is 7.94. The number of hydrogen-bond acceptors (Lipinski definition) is 5. The Kier molecular flexibility index (Phi) is 9.17. The number of nitrogens with one attached hydrogen (secondary N) is 2. The molecule has 8 nitrogen and oxygen atoms in total. The van der Waals surface area contributed by atoms with Gasteiger partial charge in [0.2, 0.25) is 11.8 Å². The molecule has 0 saturated heterocycles. The summed E-state index contributed by atoms with van der Waals surface area (Å²) in [6.45, 7) is 14.4. The number of nitrogens with zero attached hydrogens (tertiary/aromatic N) is 2. The molecule has 3 N–H and O–H groups in total. The van der Waals surface area contributed by atoms with E-state index in [1.165, 1.54) is 6.92 Å². The Morgan fingerprint density at radius 1 is 1.20 bits per heavy atom. The van der Waals surface area contributed by atoms with Crippen molar-refractivity contribution >= 4 is 23.5 Å². The number of pyridine rings is 1. The maximum atomic E-state index is 13.0. The fraction of sp³-hybridized carbons (Fsp3) is 0.545. The maximum Gasteiger partial charge on any atom is 0.251 e. The highest BCUT2D eigenvalue weighted by atomic mass is 16.5. The van der Waals surface area contributed by atoms with Crippen LogP contribution in [-0.4, -0.2) is 39.0 Å². The zero-order valence-corrected chi connectivity index (χ0v) is 18.7. The van der Waals surface area contributed by atoms with Crippen LogP contribution >= 0.6 is 0 Å². The molecule has 0 radical (unpaired) electrons. The van der Waals surface area contributed by atoms with Crippen molar-refractivity contribution in [3.05, 3.63) is 36.7 Å². The van der Waals surface area contributed by atoms with Gasteiger partial charge in [-0.25, -0.2) is 4.98 Å². The van der Waals surface area contributed by atoms with Crippen LogP contribution in [0.1, 0.15) is 54.4 Å². The van der Waals surface area contributed by atoms with Gasteiger partial charge in [-0.2, -0.15) is 5.06 Å². The Hall–Kier alpha value is -2.74. The predicted molar refractivity (Wildman–Crippen MR) is 115 cm³/mol. The number of hydroxylamine groups is 2. The summed E-state index contributed by atoms with van der Waals surface area (Å²) in [5.41, 5.74) is -0.409. The van der Waals surface area contributed by atoms with Gasteiger partial charge in [0.15, 0.2) is 0 Å². The monoisotopic (exact) mass is 418 g/mol. The number of aromatic nitrogens is 1. The van der Waals surface area contributed by atoms with E-state index in [4.69, 9.17) is 0 Å². The van der Waals surface area contributed by atoms with Gasteiger partial charge in [-0.05, 0) is 36.8 Å². The quantitative estimate of drug-likeness (QED) is 0.421. The summed E-state index contributed by atoms with van der Waals surface area (Å²) in [6, 6.07) is 4.30. The second kappa shape index (κ2) is 10.9. The van der Waals surface area contributed by atoms with Gasteiger partial charge in [-0.15, -0.1) is 0 Å². The van der Waals surface area contributed by atoms with Gasteiger partial charge in [0.25, 0.3) is 5.91 Å². The van der Waals surface area contributed by atoms with E-state index in [9.17, 15) is 19.6 Å². The van der Waals surface area contributed by atoms with E-state index in [1.54, 1.807) is 24.4 Å². The molecular weight excluding hydrogens is 384 g/mol. The topological polar surface area (TPSA) is 112 Å². The Morgan fingerprint density at radius 2 is 1.83 bits per heavy atom. The molecule has 1 rings (SSSR count). The van der Waals surface area contributed by atoms with Crippen LogP contribution < -0.4 is 10.6 Å². The lowest BCUT2D eigenvalue weighted by molar-refractivity contribution is -0.159. The molecule has 0 fully saturated rings. The summed E-state index contributed by atoms with van der Waals surface area (Å²) in [6.07, 6.45) is 1.80. The fourth-order valence-electron chi connectivity index (χ4n) is 2.93. The number of rotatable bonds is 9. The number of hydrogen-bond donors (Lipinski definition) is 3. The molecule has 0 saturated carbocycles. The minimum atomic E-state index is -0.844. The summed E-state index contributed by atoms with van der Waals surface area (Å²) in [5, 5.41) is 15.8. The van der Waals surface area contributed by atoms with Crippen LogP contribution in [0.2, 0.25) is 0 Å². The van der Waals surface area contributed by atoms with Gasteiger partial charge >= 0.3 is 0 Å². The summed E-state index contributed by atoms with van der Waals surface area (Å²) in [4.78, 5) is 42.3.